The molecule has 0 radical (unpaired) electrons. The largest absolute Gasteiger partial charge is 0.347 e. The first kappa shape index (κ1) is 13.8. The summed E-state index contributed by atoms with van der Waals surface area (Å²) in [6.07, 6.45) is 3.26. The third-order valence-electron chi connectivity index (χ3n) is 5.73. The first-order chi connectivity index (χ1) is 10.6. The van der Waals surface area contributed by atoms with Gasteiger partial charge in [-0.2, -0.15) is 0 Å². The van der Waals surface area contributed by atoms with Gasteiger partial charge in [0.05, 0.1) is 5.56 Å². The van der Waals surface area contributed by atoms with Gasteiger partial charge in [0.25, 0.3) is 5.91 Å². The van der Waals surface area contributed by atoms with Crippen LogP contribution < -0.4 is 5.32 Å². The van der Waals surface area contributed by atoms with Crippen LogP contribution in [0.25, 0.3) is 10.9 Å². The Morgan fingerprint density at radius 1 is 1.14 bits per heavy atom. The zero-order valence-electron chi connectivity index (χ0n) is 13.4. The number of para-hydroxylation sites is 1. The Morgan fingerprint density at radius 2 is 1.77 bits per heavy atom. The molecule has 1 amide bonds. The van der Waals surface area contributed by atoms with E-state index in [0.717, 1.165) is 61.1 Å². The predicted molar refractivity (Wildman–Crippen MR) is 88.1 cm³/mol. The fourth-order valence-corrected chi connectivity index (χ4v) is 4.13. The van der Waals surface area contributed by atoms with Crippen LogP contribution in [0.15, 0.2) is 24.3 Å². The molecule has 4 heteroatoms. The lowest BCUT2D eigenvalue weighted by atomic mass is 9.80. The van der Waals surface area contributed by atoms with Crippen molar-refractivity contribution in [3.05, 3.63) is 35.5 Å². The van der Waals surface area contributed by atoms with E-state index in [1.165, 1.54) is 0 Å². The predicted octanol–water partition coefficient (Wildman–Crippen LogP) is 2.45. The lowest BCUT2D eigenvalue weighted by Gasteiger charge is -2.48. The highest BCUT2D eigenvalue weighted by molar-refractivity contribution is 6.08. The summed E-state index contributed by atoms with van der Waals surface area (Å²) in [7, 11) is 2.03. The van der Waals surface area contributed by atoms with Crippen molar-refractivity contribution in [2.45, 2.75) is 31.7 Å². The summed E-state index contributed by atoms with van der Waals surface area (Å²) < 4.78 is 2.12. The molecule has 3 saturated heterocycles. The molecule has 22 heavy (non-hydrogen) atoms. The maximum absolute atomic E-state index is 13.0. The van der Waals surface area contributed by atoms with Gasteiger partial charge in [-0.05, 0) is 32.3 Å². The lowest BCUT2D eigenvalue weighted by molar-refractivity contribution is 0.0516. The third kappa shape index (κ3) is 1.97. The minimum Gasteiger partial charge on any atom is -0.347 e. The van der Waals surface area contributed by atoms with Crippen LogP contribution in [0.1, 0.15) is 35.3 Å². The Morgan fingerprint density at radius 3 is 2.45 bits per heavy atom. The van der Waals surface area contributed by atoms with E-state index < -0.39 is 0 Å². The van der Waals surface area contributed by atoms with Crippen molar-refractivity contribution in [3.63, 3.8) is 0 Å². The Bertz CT molecular complexity index is 724. The van der Waals surface area contributed by atoms with E-state index in [1.807, 2.05) is 26.1 Å². The number of fused-ring (bicyclic) bond motifs is 4. The molecule has 2 bridgehead atoms. The van der Waals surface area contributed by atoms with Crippen molar-refractivity contribution in [2.75, 3.05) is 19.6 Å². The first-order valence-electron chi connectivity index (χ1n) is 8.19. The number of hydrogen-bond acceptors (Lipinski definition) is 2. The van der Waals surface area contributed by atoms with Crippen LogP contribution in [0.2, 0.25) is 0 Å². The zero-order chi connectivity index (χ0) is 15.3. The molecule has 4 heterocycles. The van der Waals surface area contributed by atoms with Crippen LogP contribution in [0.4, 0.5) is 0 Å². The van der Waals surface area contributed by atoms with E-state index in [0.29, 0.717) is 0 Å². The van der Waals surface area contributed by atoms with Crippen molar-refractivity contribution in [1.82, 2.24) is 14.8 Å². The van der Waals surface area contributed by atoms with Gasteiger partial charge in [-0.25, -0.2) is 0 Å². The molecule has 3 aliphatic rings. The smallest absolute Gasteiger partial charge is 0.254 e. The minimum absolute atomic E-state index is 0.0230. The summed E-state index contributed by atoms with van der Waals surface area (Å²) in [5.41, 5.74) is 3.04. The number of amides is 1. The number of carbonyl (C=O) groups is 1. The Labute approximate surface area is 131 Å². The van der Waals surface area contributed by atoms with E-state index in [1.54, 1.807) is 0 Å². The SMILES string of the molecule is Cc1c(C(=O)NC23CCN(CC2)CC3)c2ccccc2n1C. The van der Waals surface area contributed by atoms with Crippen molar-refractivity contribution >= 4 is 16.8 Å². The van der Waals surface area contributed by atoms with Crippen LogP contribution in [0, 0.1) is 6.92 Å². The Balaban J connectivity index is 1.70. The number of piperidine rings is 3. The second-order valence-corrected chi connectivity index (χ2v) is 6.86. The van der Waals surface area contributed by atoms with Gasteiger partial charge in [-0.3, -0.25) is 4.79 Å². The van der Waals surface area contributed by atoms with Crippen LogP contribution in [0.5, 0.6) is 0 Å². The minimum atomic E-state index is 0.0230. The summed E-state index contributed by atoms with van der Waals surface area (Å²) in [5, 5.41) is 4.46. The molecule has 3 aliphatic heterocycles. The highest BCUT2D eigenvalue weighted by Crippen LogP contribution is 2.33. The van der Waals surface area contributed by atoms with E-state index in [9.17, 15) is 4.79 Å². The molecule has 0 aliphatic carbocycles. The van der Waals surface area contributed by atoms with Crippen molar-refractivity contribution in [1.29, 1.82) is 0 Å². The molecule has 116 valence electrons. The molecule has 0 saturated carbocycles. The number of nitrogens with one attached hydrogen (secondary N) is 1. The highest BCUT2D eigenvalue weighted by Gasteiger charge is 2.40. The van der Waals surface area contributed by atoms with Crippen LogP contribution >= 0.6 is 0 Å². The molecule has 1 N–H and O–H groups in total. The summed E-state index contributed by atoms with van der Waals surface area (Å²) >= 11 is 0. The van der Waals surface area contributed by atoms with Gasteiger partial charge < -0.3 is 14.8 Å². The number of aryl methyl sites for hydroxylation is 1. The number of nitrogens with zero attached hydrogens (tertiary/aromatic N) is 2. The van der Waals surface area contributed by atoms with Gasteiger partial charge in [-0.1, -0.05) is 18.2 Å². The van der Waals surface area contributed by atoms with Crippen molar-refractivity contribution < 1.29 is 4.79 Å². The summed E-state index contributed by atoms with van der Waals surface area (Å²) in [6, 6.07) is 8.17. The summed E-state index contributed by atoms with van der Waals surface area (Å²) in [4.78, 5) is 15.5. The molecular weight excluding hydrogens is 274 g/mol. The topological polar surface area (TPSA) is 37.3 Å². The number of rotatable bonds is 2. The fourth-order valence-electron chi connectivity index (χ4n) is 4.13. The van der Waals surface area contributed by atoms with E-state index in [4.69, 9.17) is 0 Å². The van der Waals surface area contributed by atoms with Crippen LogP contribution in [-0.2, 0) is 7.05 Å². The highest BCUT2D eigenvalue weighted by atomic mass is 16.1. The summed E-state index contributed by atoms with van der Waals surface area (Å²) in [5.74, 6) is 0.102. The summed E-state index contributed by atoms with van der Waals surface area (Å²) in [6.45, 7) is 5.40. The second-order valence-electron chi connectivity index (χ2n) is 6.86. The maximum Gasteiger partial charge on any atom is 0.254 e. The monoisotopic (exact) mass is 297 g/mol. The van der Waals surface area contributed by atoms with Gasteiger partial charge in [0.15, 0.2) is 0 Å². The molecule has 1 aromatic heterocycles. The van der Waals surface area contributed by atoms with Crippen molar-refractivity contribution in [2.24, 2.45) is 7.05 Å². The standard InChI is InChI=1S/C18H23N3O/c1-13-16(14-5-3-4-6-15(14)20(13)2)17(22)19-18-7-10-21(11-8-18)12-9-18/h3-6H,7-12H2,1-2H3,(H,19,22). The average Bonchev–Trinajstić information content (AvgIpc) is 2.81. The molecule has 0 atom stereocenters. The molecule has 5 rings (SSSR count). The van der Waals surface area contributed by atoms with Gasteiger partial charge in [0.1, 0.15) is 0 Å². The fraction of sp³-hybridized carbons (Fsp3) is 0.500. The van der Waals surface area contributed by atoms with E-state index >= 15 is 0 Å². The van der Waals surface area contributed by atoms with Crippen molar-refractivity contribution in [3.8, 4) is 0 Å². The third-order valence-corrected chi connectivity index (χ3v) is 5.73. The normalized spacial score (nSPS) is 27.3. The van der Waals surface area contributed by atoms with Gasteiger partial charge >= 0.3 is 0 Å². The molecule has 1 aromatic carbocycles. The average molecular weight is 297 g/mol. The molecule has 0 spiro atoms. The first-order valence-corrected chi connectivity index (χ1v) is 8.19. The van der Waals surface area contributed by atoms with Gasteiger partial charge in [0.2, 0.25) is 0 Å². The molecule has 4 nitrogen and oxygen atoms in total. The molecule has 0 unspecified atom stereocenters. The van der Waals surface area contributed by atoms with E-state index in [2.05, 4.69) is 26.9 Å². The second kappa shape index (κ2) is 4.85. The number of benzene rings is 1. The Hall–Kier alpha value is -1.81. The molecular formula is C18H23N3O. The maximum atomic E-state index is 13.0. The number of carbonyl (C=O) groups excluding carboxylic acids is 1. The quantitative estimate of drug-likeness (QED) is 0.924. The van der Waals surface area contributed by atoms with Crippen LogP contribution in [0.3, 0.4) is 0 Å². The lowest BCUT2D eigenvalue weighted by Crippen LogP contribution is -2.61. The number of aromatic nitrogens is 1. The molecule has 3 fully saturated rings. The van der Waals surface area contributed by atoms with Gasteiger partial charge in [0, 0.05) is 48.8 Å². The van der Waals surface area contributed by atoms with Gasteiger partial charge in [-0.15, -0.1) is 0 Å². The zero-order valence-corrected chi connectivity index (χ0v) is 13.4. The number of hydrogen-bond donors (Lipinski definition) is 1. The van der Waals surface area contributed by atoms with Crippen LogP contribution in [-0.4, -0.2) is 40.5 Å². The Kier molecular flexibility index (Phi) is 3.05. The molecule has 2 aromatic rings. The van der Waals surface area contributed by atoms with E-state index in [-0.39, 0.29) is 11.4 Å².